The normalized spacial score (nSPS) is 14.1. The number of unbranched alkanes of at least 4 members (excludes halogenated alkanes) is 1. The van der Waals surface area contributed by atoms with Gasteiger partial charge in [0, 0.05) is 26.8 Å². The summed E-state index contributed by atoms with van der Waals surface area (Å²) in [5.74, 6) is 0.127. The third-order valence-electron chi connectivity index (χ3n) is 2.63. The molecule has 1 unspecified atom stereocenters. The van der Waals surface area contributed by atoms with E-state index in [-0.39, 0.29) is 11.8 Å². The minimum Gasteiger partial charge on any atom is -0.383 e. The Labute approximate surface area is 110 Å². The van der Waals surface area contributed by atoms with Gasteiger partial charge in [0.2, 0.25) is 10.0 Å². The van der Waals surface area contributed by atoms with E-state index in [9.17, 15) is 8.42 Å². The predicted molar refractivity (Wildman–Crippen MR) is 72.0 cm³/mol. The van der Waals surface area contributed by atoms with E-state index in [2.05, 4.69) is 0 Å². The van der Waals surface area contributed by atoms with Gasteiger partial charge < -0.3 is 15.2 Å². The molecule has 0 bridgehead atoms. The second-order valence-electron chi connectivity index (χ2n) is 4.22. The summed E-state index contributed by atoms with van der Waals surface area (Å²) in [5, 5.41) is 0. The topological polar surface area (TPSA) is 81.9 Å². The van der Waals surface area contributed by atoms with E-state index in [1.54, 1.807) is 14.2 Å². The Morgan fingerprint density at radius 3 is 2.39 bits per heavy atom. The molecule has 0 spiro atoms. The minimum absolute atomic E-state index is 0.127. The van der Waals surface area contributed by atoms with Crippen LogP contribution in [-0.2, 0) is 19.5 Å². The van der Waals surface area contributed by atoms with E-state index in [0.29, 0.717) is 32.7 Å². The van der Waals surface area contributed by atoms with Crippen molar-refractivity contribution in [1.82, 2.24) is 4.31 Å². The van der Waals surface area contributed by atoms with Gasteiger partial charge in [0.15, 0.2) is 0 Å². The molecule has 0 aromatic heterocycles. The van der Waals surface area contributed by atoms with Gasteiger partial charge >= 0.3 is 0 Å². The first kappa shape index (κ1) is 17.8. The van der Waals surface area contributed by atoms with Crippen molar-refractivity contribution in [2.75, 3.05) is 46.3 Å². The molecule has 0 aliphatic rings. The van der Waals surface area contributed by atoms with Crippen LogP contribution in [0, 0.1) is 0 Å². The molecule has 18 heavy (non-hydrogen) atoms. The zero-order chi connectivity index (χ0) is 14.0. The number of nitrogens with two attached hydrogens (primary N) is 1. The van der Waals surface area contributed by atoms with Crippen molar-refractivity contribution < 1.29 is 17.9 Å². The maximum atomic E-state index is 12.2. The molecule has 7 heteroatoms. The predicted octanol–water partition coefficient (Wildman–Crippen LogP) is 0.0384. The standard InChI is InChI=1S/C11H26N2O4S/c1-11(10-17-3)13(7-8-16-2)18(14,15)9-5-4-6-12/h11H,4-10,12H2,1-3H3. The smallest absolute Gasteiger partial charge is 0.214 e. The fourth-order valence-electron chi connectivity index (χ4n) is 1.69. The van der Waals surface area contributed by atoms with Gasteiger partial charge in [-0.05, 0) is 26.3 Å². The molecule has 0 radical (unpaired) electrons. The molecule has 0 saturated heterocycles. The van der Waals surface area contributed by atoms with E-state index < -0.39 is 10.0 Å². The van der Waals surface area contributed by atoms with Crippen molar-refractivity contribution in [3.05, 3.63) is 0 Å². The van der Waals surface area contributed by atoms with Crippen molar-refractivity contribution >= 4 is 10.0 Å². The molecule has 0 fully saturated rings. The van der Waals surface area contributed by atoms with Crippen LogP contribution in [0.1, 0.15) is 19.8 Å². The lowest BCUT2D eigenvalue weighted by molar-refractivity contribution is 0.119. The SMILES string of the molecule is COCCN(C(C)COC)S(=O)(=O)CCCCN. The first-order chi connectivity index (χ1) is 8.49. The van der Waals surface area contributed by atoms with Crippen molar-refractivity contribution in [2.24, 2.45) is 5.73 Å². The van der Waals surface area contributed by atoms with Gasteiger partial charge in [-0.1, -0.05) is 0 Å². The van der Waals surface area contributed by atoms with Crippen LogP contribution in [0.2, 0.25) is 0 Å². The molecule has 0 rings (SSSR count). The molecule has 0 saturated carbocycles. The Kier molecular flexibility index (Phi) is 9.57. The van der Waals surface area contributed by atoms with Crippen LogP contribution in [0.4, 0.5) is 0 Å². The number of hydrogen-bond acceptors (Lipinski definition) is 5. The molecule has 6 nitrogen and oxygen atoms in total. The highest BCUT2D eigenvalue weighted by Crippen LogP contribution is 2.10. The number of ether oxygens (including phenoxy) is 2. The highest BCUT2D eigenvalue weighted by molar-refractivity contribution is 7.89. The molecule has 0 aliphatic carbocycles. The molecular weight excluding hydrogens is 256 g/mol. The summed E-state index contributed by atoms with van der Waals surface area (Å²) in [5.41, 5.74) is 5.37. The number of hydrogen-bond donors (Lipinski definition) is 1. The summed E-state index contributed by atoms with van der Waals surface area (Å²) in [6.45, 7) is 3.46. The third-order valence-corrected chi connectivity index (χ3v) is 4.69. The maximum Gasteiger partial charge on any atom is 0.214 e. The minimum atomic E-state index is -3.27. The largest absolute Gasteiger partial charge is 0.383 e. The van der Waals surface area contributed by atoms with Crippen LogP contribution in [0.15, 0.2) is 0 Å². The van der Waals surface area contributed by atoms with E-state index in [0.717, 1.165) is 6.42 Å². The van der Waals surface area contributed by atoms with Crippen molar-refractivity contribution in [1.29, 1.82) is 0 Å². The quantitative estimate of drug-likeness (QED) is 0.541. The molecule has 0 aromatic rings. The number of methoxy groups -OCH3 is 2. The molecule has 110 valence electrons. The monoisotopic (exact) mass is 282 g/mol. The Bertz CT molecular complexity index is 295. The van der Waals surface area contributed by atoms with Gasteiger partial charge in [0.05, 0.1) is 19.0 Å². The summed E-state index contributed by atoms with van der Waals surface area (Å²) in [6.07, 6.45) is 1.30. The third kappa shape index (κ3) is 6.65. The summed E-state index contributed by atoms with van der Waals surface area (Å²) >= 11 is 0. The summed E-state index contributed by atoms with van der Waals surface area (Å²) in [4.78, 5) is 0. The van der Waals surface area contributed by atoms with Gasteiger partial charge in [-0.3, -0.25) is 0 Å². The Morgan fingerprint density at radius 1 is 1.22 bits per heavy atom. The molecular formula is C11H26N2O4S. The van der Waals surface area contributed by atoms with Crippen molar-refractivity contribution in [3.8, 4) is 0 Å². The number of rotatable bonds is 11. The average molecular weight is 282 g/mol. The van der Waals surface area contributed by atoms with E-state index in [1.165, 1.54) is 4.31 Å². The fourth-order valence-corrected chi connectivity index (χ4v) is 3.45. The Hall–Kier alpha value is -0.210. The summed E-state index contributed by atoms with van der Waals surface area (Å²) in [7, 11) is -0.153. The first-order valence-corrected chi connectivity index (χ1v) is 7.78. The van der Waals surface area contributed by atoms with Crippen molar-refractivity contribution in [3.63, 3.8) is 0 Å². The second-order valence-corrected chi connectivity index (χ2v) is 6.26. The average Bonchev–Trinajstić information content (AvgIpc) is 2.29. The number of sulfonamides is 1. The van der Waals surface area contributed by atoms with Gasteiger partial charge in [0.25, 0.3) is 0 Å². The lowest BCUT2D eigenvalue weighted by Crippen LogP contribution is -2.44. The Morgan fingerprint density at radius 2 is 1.89 bits per heavy atom. The van der Waals surface area contributed by atoms with Crippen LogP contribution in [0.25, 0.3) is 0 Å². The van der Waals surface area contributed by atoms with Gasteiger partial charge in [-0.2, -0.15) is 4.31 Å². The summed E-state index contributed by atoms with van der Waals surface area (Å²) in [6, 6.07) is -0.187. The molecule has 0 aliphatic heterocycles. The van der Waals surface area contributed by atoms with E-state index in [4.69, 9.17) is 15.2 Å². The highest BCUT2D eigenvalue weighted by Gasteiger charge is 2.26. The Balaban J connectivity index is 4.59. The zero-order valence-corrected chi connectivity index (χ0v) is 12.4. The van der Waals surface area contributed by atoms with Gasteiger partial charge in [-0.25, -0.2) is 8.42 Å². The lowest BCUT2D eigenvalue weighted by Gasteiger charge is -2.27. The van der Waals surface area contributed by atoms with Crippen LogP contribution in [0.3, 0.4) is 0 Å². The van der Waals surface area contributed by atoms with Crippen LogP contribution in [0.5, 0.6) is 0 Å². The molecule has 0 aromatic carbocycles. The highest BCUT2D eigenvalue weighted by atomic mass is 32.2. The summed E-state index contributed by atoms with van der Waals surface area (Å²) < 4.78 is 35.8. The van der Waals surface area contributed by atoms with Gasteiger partial charge in [-0.15, -0.1) is 0 Å². The van der Waals surface area contributed by atoms with Gasteiger partial charge in [0.1, 0.15) is 0 Å². The molecule has 0 amide bonds. The van der Waals surface area contributed by atoms with E-state index >= 15 is 0 Å². The fraction of sp³-hybridized carbons (Fsp3) is 1.00. The molecule has 0 heterocycles. The number of nitrogens with zero attached hydrogens (tertiary/aromatic N) is 1. The van der Waals surface area contributed by atoms with Crippen LogP contribution >= 0.6 is 0 Å². The zero-order valence-electron chi connectivity index (χ0n) is 11.6. The van der Waals surface area contributed by atoms with E-state index in [1.807, 2.05) is 6.92 Å². The van der Waals surface area contributed by atoms with Crippen LogP contribution < -0.4 is 5.73 Å². The second kappa shape index (κ2) is 9.69. The van der Waals surface area contributed by atoms with Crippen LogP contribution in [-0.4, -0.2) is 65.0 Å². The molecule has 2 N–H and O–H groups in total. The maximum absolute atomic E-state index is 12.2. The first-order valence-electron chi connectivity index (χ1n) is 6.17. The van der Waals surface area contributed by atoms with Crippen molar-refractivity contribution in [2.45, 2.75) is 25.8 Å². The lowest BCUT2D eigenvalue weighted by atomic mass is 10.3. The molecule has 1 atom stereocenters.